The van der Waals surface area contributed by atoms with Crippen molar-refractivity contribution in [3.8, 4) is 0 Å². The van der Waals surface area contributed by atoms with E-state index in [9.17, 15) is 18.0 Å². The van der Waals surface area contributed by atoms with Crippen molar-refractivity contribution in [1.82, 2.24) is 0 Å². The monoisotopic (exact) mass is 548 g/mol. The van der Waals surface area contributed by atoms with E-state index in [1.54, 1.807) is 42.8 Å². The van der Waals surface area contributed by atoms with Crippen LogP contribution in [-0.2, 0) is 10.1 Å². The van der Waals surface area contributed by atoms with Gasteiger partial charge in [0.05, 0.1) is 4.90 Å². The number of unbranched alkanes of at least 4 members (excludes halogenated alkanes) is 4. The van der Waals surface area contributed by atoms with Gasteiger partial charge in [0.2, 0.25) is 0 Å². The molecule has 2 aromatic carbocycles. The molecule has 1 aliphatic rings. The van der Waals surface area contributed by atoms with Crippen molar-refractivity contribution in [2.45, 2.75) is 84.0 Å². The van der Waals surface area contributed by atoms with Gasteiger partial charge >= 0.3 is 111 Å². The zero-order chi connectivity index (χ0) is 27.5. The maximum absolute atomic E-state index is 12.3. The van der Waals surface area contributed by atoms with Crippen LogP contribution in [0.25, 0.3) is 0 Å². The van der Waals surface area contributed by atoms with Crippen LogP contribution < -0.4 is 0 Å². The van der Waals surface area contributed by atoms with E-state index in [0.29, 0.717) is 5.56 Å². The standard InChI is InChI=1S/C16H37P.C14H8O5S/c1-5-9-13-17(14-10-6-2,15-11-7-3)16-12-8-4;15-13-9-3-1-2-4-10(9)14(16)12-7-8(20(17,18)19)5-6-11(12)13/h17H,5-16H2,1-4H3;1-7H,(H,17,18,19). The van der Waals surface area contributed by atoms with Crippen molar-refractivity contribution in [3.05, 3.63) is 64.7 Å². The van der Waals surface area contributed by atoms with Crippen LogP contribution >= 0.6 is 7.26 Å². The molecule has 0 heterocycles. The van der Waals surface area contributed by atoms with Gasteiger partial charge in [0.15, 0.2) is 11.6 Å². The third-order valence-corrected chi connectivity index (χ3v) is 13.9. The molecule has 0 atom stereocenters. The second-order valence-electron chi connectivity index (χ2n) is 10.3. The molecule has 0 aliphatic heterocycles. The Kier molecular flexibility index (Phi) is 12.6. The van der Waals surface area contributed by atoms with Gasteiger partial charge in [0.25, 0.3) is 10.1 Å². The maximum atomic E-state index is 12.3. The molecule has 0 radical (unpaired) electrons. The van der Waals surface area contributed by atoms with Crippen molar-refractivity contribution in [2.75, 3.05) is 24.6 Å². The van der Waals surface area contributed by atoms with Gasteiger partial charge in [-0.2, -0.15) is 8.42 Å². The Morgan fingerprint density at radius 3 is 1.38 bits per heavy atom. The number of carbonyl (C=O) groups is 2. The van der Waals surface area contributed by atoms with Gasteiger partial charge in [-0.1, -0.05) is 24.3 Å². The molecule has 0 spiro atoms. The van der Waals surface area contributed by atoms with Gasteiger partial charge < -0.3 is 0 Å². The Morgan fingerprint density at radius 2 is 1.00 bits per heavy atom. The molecule has 37 heavy (non-hydrogen) atoms. The van der Waals surface area contributed by atoms with E-state index in [-0.39, 0.29) is 22.5 Å². The average Bonchev–Trinajstić information content (AvgIpc) is 2.90. The predicted octanol–water partition coefficient (Wildman–Crippen LogP) is 7.65. The molecule has 5 nitrogen and oxygen atoms in total. The smallest absolute Gasteiger partial charge is 0.289 e. The molecule has 2 aromatic rings. The van der Waals surface area contributed by atoms with E-state index in [1.165, 1.54) is 63.5 Å². The molecule has 1 aliphatic carbocycles. The molecule has 0 saturated carbocycles. The van der Waals surface area contributed by atoms with Crippen LogP contribution in [0.4, 0.5) is 0 Å². The number of hydrogen-bond acceptors (Lipinski definition) is 4. The Balaban J connectivity index is 0.000000265. The number of fused-ring (bicyclic) bond motifs is 2. The van der Waals surface area contributed by atoms with E-state index in [0.717, 1.165) is 12.1 Å². The fraction of sp³-hybridized carbons (Fsp3) is 0.533. The van der Waals surface area contributed by atoms with Crippen molar-refractivity contribution in [1.29, 1.82) is 0 Å². The summed E-state index contributed by atoms with van der Waals surface area (Å²) in [6.45, 7) is 9.44. The summed E-state index contributed by atoms with van der Waals surface area (Å²) >= 11 is 0. The van der Waals surface area contributed by atoms with Crippen molar-refractivity contribution in [3.63, 3.8) is 0 Å². The van der Waals surface area contributed by atoms with Crippen LogP contribution in [0.15, 0.2) is 47.4 Å². The summed E-state index contributed by atoms with van der Waals surface area (Å²) in [5.41, 5.74) is 0.659. The quantitative estimate of drug-likeness (QED) is 0.175. The molecule has 1 N–H and O–H groups in total. The van der Waals surface area contributed by atoms with Crippen LogP contribution in [0, 0.1) is 0 Å². The number of benzene rings is 2. The first-order chi connectivity index (χ1) is 17.6. The van der Waals surface area contributed by atoms with E-state index in [2.05, 4.69) is 27.7 Å². The minimum Gasteiger partial charge on any atom is -0.289 e. The van der Waals surface area contributed by atoms with E-state index in [4.69, 9.17) is 4.55 Å². The Labute approximate surface area is 224 Å². The van der Waals surface area contributed by atoms with Gasteiger partial charge in [0, 0.05) is 22.3 Å². The van der Waals surface area contributed by atoms with Crippen molar-refractivity contribution >= 4 is 28.9 Å². The van der Waals surface area contributed by atoms with Gasteiger partial charge in [-0.25, -0.2) is 0 Å². The predicted molar refractivity (Wildman–Crippen MR) is 157 cm³/mol. The maximum Gasteiger partial charge on any atom is 0.294 e. The molecule has 206 valence electrons. The molecule has 3 rings (SSSR count). The molecule has 0 saturated heterocycles. The molecule has 7 heteroatoms. The van der Waals surface area contributed by atoms with Gasteiger partial charge in [-0.3, -0.25) is 14.1 Å². The molecule has 0 fully saturated rings. The molecule has 0 unspecified atom stereocenters. The fourth-order valence-electron chi connectivity index (χ4n) is 5.20. The fourth-order valence-corrected chi connectivity index (χ4v) is 11.6. The van der Waals surface area contributed by atoms with Crippen LogP contribution in [0.5, 0.6) is 0 Å². The minimum absolute atomic E-state index is 0.0103. The summed E-state index contributed by atoms with van der Waals surface area (Å²) in [5, 5.41) is 0. The zero-order valence-corrected chi connectivity index (χ0v) is 24.8. The first kappa shape index (κ1) is 31.3. The van der Waals surface area contributed by atoms with E-state index < -0.39 is 28.1 Å². The third-order valence-electron chi connectivity index (χ3n) is 7.44. The van der Waals surface area contributed by atoms with E-state index in [1.807, 2.05) is 0 Å². The Hall–Kier alpha value is -1.88. The Bertz CT molecular complexity index is 1120. The summed E-state index contributed by atoms with van der Waals surface area (Å²) in [6.07, 6.45) is 18.1. The molecular formula is C30H45O5PS. The number of ketones is 2. The normalized spacial score (nSPS) is 13.4. The number of rotatable bonds is 13. The minimum atomic E-state index is -4.42. The molecule has 0 aromatic heterocycles. The van der Waals surface area contributed by atoms with Gasteiger partial charge in [-0.05, 0) is 18.2 Å². The summed E-state index contributed by atoms with van der Waals surface area (Å²) in [4.78, 5) is 24.1. The summed E-state index contributed by atoms with van der Waals surface area (Å²) in [5.74, 6) is -0.766. The van der Waals surface area contributed by atoms with Crippen LogP contribution in [0.3, 0.4) is 0 Å². The van der Waals surface area contributed by atoms with Crippen LogP contribution in [0.1, 0.15) is 111 Å². The third kappa shape index (κ3) is 8.56. The summed E-state index contributed by atoms with van der Waals surface area (Å²) in [7, 11) is -5.30. The number of hydrogen-bond donors (Lipinski definition) is 1. The van der Waals surface area contributed by atoms with Gasteiger partial charge in [-0.15, -0.1) is 0 Å². The van der Waals surface area contributed by atoms with Crippen molar-refractivity contribution < 1.29 is 22.6 Å². The first-order valence-corrected chi connectivity index (χ1v) is 18.2. The molecular weight excluding hydrogens is 503 g/mol. The summed E-state index contributed by atoms with van der Waals surface area (Å²) < 4.78 is 31.2. The SMILES string of the molecule is CCCC[PH](CCCC)(CCCC)CCCC.O=C1c2ccccc2C(=O)c2cc(S(=O)(=O)O)ccc21. The molecule has 0 bridgehead atoms. The van der Waals surface area contributed by atoms with Crippen molar-refractivity contribution in [2.24, 2.45) is 0 Å². The zero-order valence-electron chi connectivity index (χ0n) is 23.0. The van der Waals surface area contributed by atoms with Crippen LogP contribution in [0.2, 0.25) is 0 Å². The second kappa shape index (κ2) is 14.9. The van der Waals surface area contributed by atoms with Gasteiger partial charge in [0.1, 0.15) is 0 Å². The largest absolute Gasteiger partial charge is 0.294 e. The second-order valence-corrected chi connectivity index (χ2v) is 16.7. The Morgan fingerprint density at radius 1 is 0.622 bits per heavy atom. The van der Waals surface area contributed by atoms with E-state index >= 15 is 0 Å². The van der Waals surface area contributed by atoms with Crippen LogP contribution in [-0.4, -0.2) is 49.2 Å². The summed E-state index contributed by atoms with van der Waals surface area (Å²) in [6, 6.07) is 9.72. The topological polar surface area (TPSA) is 88.5 Å². The first-order valence-electron chi connectivity index (χ1n) is 13.9. The molecule has 0 amide bonds. The number of carbonyl (C=O) groups excluding carboxylic acids is 2. The average molecular weight is 549 g/mol.